The second-order valence-corrected chi connectivity index (χ2v) is 0.565. The van der Waals surface area contributed by atoms with Crippen LogP contribution in [0.5, 0.6) is 0 Å². The average Bonchev–Trinajstić information content (AvgIpc) is 0.918. The molecule has 0 spiro atoms. The van der Waals surface area contributed by atoms with Gasteiger partial charge in [-0.3, -0.25) is 0 Å². The van der Waals surface area contributed by atoms with Crippen molar-refractivity contribution in [1.82, 2.24) is 0 Å². The Morgan fingerprint density at radius 1 is 1.60 bits per heavy atom. The van der Waals surface area contributed by atoms with Crippen LogP contribution in [0.2, 0.25) is 0 Å². The minimum atomic E-state index is 0. The molecule has 0 aliphatic heterocycles. The number of hydrogen-bond donors (Lipinski definition) is 0. The van der Waals surface area contributed by atoms with E-state index in [9.17, 15) is 4.53 Å². The zero-order valence-electron chi connectivity index (χ0n) is 1.59. The quantitative estimate of drug-likeness (QED) is 0.553. The first-order valence-corrected chi connectivity index (χ1v) is 1.65. The molecule has 0 aliphatic carbocycles. The van der Waals surface area contributed by atoms with Gasteiger partial charge in [0, 0.05) is 17.1 Å². The summed E-state index contributed by atoms with van der Waals surface area (Å²) in [6, 6.07) is 0. The van der Waals surface area contributed by atoms with Crippen molar-refractivity contribution in [2.24, 2.45) is 0 Å². The van der Waals surface area contributed by atoms with E-state index in [1.807, 2.05) is 0 Å². The first kappa shape index (κ1) is 15.9. The normalized spacial score (nSPS) is 3.40. The van der Waals surface area contributed by atoms with Crippen molar-refractivity contribution in [2.45, 2.75) is 0 Å². The van der Waals surface area contributed by atoms with Gasteiger partial charge in [-0.2, -0.15) is 0 Å². The van der Waals surface area contributed by atoms with Crippen molar-refractivity contribution in [3.8, 4) is 0 Å². The van der Waals surface area contributed by atoms with Crippen molar-refractivity contribution in [3.63, 3.8) is 0 Å². The summed E-state index contributed by atoms with van der Waals surface area (Å²) < 4.78 is 12.7. The van der Waals surface area contributed by atoms with Crippen molar-refractivity contribution in [3.05, 3.63) is 0 Å². The molecule has 0 bridgehead atoms. The van der Waals surface area contributed by atoms with Crippen LogP contribution in [0.3, 0.4) is 0 Å². The Hall–Kier alpha value is 1.75. The van der Waals surface area contributed by atoms with Gasteiger partial charge in [-0.05, 0) is 0 Å². The van der Waals surface area contributed by atoms with E-state index in [0.29, 0.717) is 21.5 Å². The zero-order chi connectivity index (χ0) is 2.71. The molecule has 0 aromatic heterocycles. The van der Waals surface area contributed by atoms with E-state index in [4.69, 9.17) is 0 Å². The average molecular weight is 280 g/mol. The van der Waals surface area contributed by atoms with E-state index in [1.54, 1.807) is 0 Å². The molecule has 0 saturated carbocycles. The zero-order valence-corrected chi connectivity index (χ0v) is 5.90. The van der Waals surface area contributed by atoms with Crippen LogP contribution in [0.25, 0.3) is 0 Å². The number of halogens is 1. The number of rotatable bonds is 0. The Balaban J connectivity index is -0.0000000200. The third-order valence-electron chi connectivity index (χ3n) is 0. The molecule has 0 N–H and O–H groups in total. The van der Waals surface area contributed by atoms with Gasteiger partial charge in [0.2, 0.25) is 0 Å². The van der Waals surface area contributed by atoms with Crippen molar-refractivity contribution >= 4 is 18.9 Å². The fraction of sp³-hybridized carbons (Fsp3) is 0. The van der Waals surface area contributed by atoms with Gasteiger partial charge in [0.05, 0.1) is 0 Å². The maximum absolute atomic E-state index is 9.84. The maximum atomic E-state index is 9.84. The predicted molar refractivity (Wildman–Crippen MR) is 9.34 cm³/mol. The Labute approximate surface area is 65.0 Å². The van der Waals surface area contributed by atoms with Crippen LogP contribution in [-0.2, 0) is 42.0 Å². The fourth-order valence-electron chi connectivity index (χ4n) is 0. The first-order valence-electron chi connectivity index (χ1n) is 0.337. The Kier molecular flexibility index (Phi) is 54.5. The van der Waals surface area contributed by atoms with Gasteiger partial charge in [-0.1, -0.05) is 0 Å². The van der Waals surface area contributed by atoms with Gasteiger partial charge < -0.3 is 0 Å². The van der Waals surface area contributed by atoms with Gasteiger partial charge in [0.1, 0.15) is 0 Å². The molecule has 0 saturated heterocycles. The van der Waals surface area contributed by atoms with Gasteiger partial charge in [-0.15, -0.1) is 0 Å². The van der Waals surface area contributed by atoms with Gasteiger partial charge in [0.15, 0.2) is 0 Å². The standard InChI is InChI=1S/FO.Fe.Li.Ta.H/c1-2;;;;/q-1;;;+1;. The fourth-order valence-corrected chi connectivity index (χ4v) is 0. The molecule has 0 rings (SSSR count). The molecule has 5 heteroatoms. The van der Waals surface area contributed by atoms with Crippen LogP contribution in [0, 0.1) is 0 Å². The van der Waals surface area contributed by atoms with Crippen LogP contribution >= 0.6 is 0 Å². The van der Waals surface area contributed by atoms with Crippen molar-refractivity contribution < 1.29 is 46.5 Å². The van der Waals surface area contributed by atoms with E-state index in [1.165, 1.54) is 0 Å². The summed E-state index contributed by atoms with van der Waals surface area (Å²) in [4.78, 5) is 0. The molecule has 0 fully saturated rings. The molecule has 0 aliphatic rings. The molecule has 0 atom stereocenters. The number of hydrogen-bond acceptors (Lipinski definition) is 1. The summed E-state index contributed by atoms with van der Waals surface area (Å²) in [5.74, 6) is 0. The molecule has 5 heavy (non-hydrogen) atoms. The van der Waals surface area contributed by atoms with E-state index < -0.39 is 0 Å². The van der Waals surface area contributed by atoms with Crippen LogP contribution in [-0.4, -0.2) is 18.9 Å². The van der Waals surface area contributed by atoms with E-state index in [2.05, 4.69) is 3.45 Å². The van der Waals surface area contributed by atoms with Crippen LogP contribution in [0.4, 0.5) is 4.53 Å². The van der Waals surface area contributed by atoms with Gasteiger partial charge in [-0.25, -0.2) is 0 Å². The summed E-state index contributed by atoms with van der Waals surface area (Å²) in [5, 5.41) is 0. The molecule has 0 aromatic rings. The van der Waals surface area contributed by atoms with Crippen LogP contribution < -0.4 is 0 Å². The Morgan fingerprint density at radius 2 is 1.60 bits per heavy atom. The van der Waals surface area contributed by atoms with Gasteiger partial charge in [0.25, 0.3) is 0 Å². The minimum absolute atomic E-state index is 0. The summed E-state index contributed by atoms with van der Waals surface area (Å²) in [5.41, 5.74) is 0. The van der Waals surface area contributed by atoms with Crippen LogP contribution in [0.15, 0.2) is 0 Å². The Bertz CT molecular complexity index is 11.6. The monoisotopic (exact) mass is 280 g/mol. The summed E-state index contributed by atoms with van der Waals surface area (Å²) in [6.45, 7) is 0. The third kappa shape index (κ3) is 26.4. The molecule has 0 heterocycles. The Morgan fingerprint density at radius 3 is 1.60 bits per heavy atom. The topological polar surface area (TPSA) is 9.23 Å². The molecular weight excluding hydrogens is 279 g/mol. The molecule has 0 unspecified atom stereocenters. The van der Waals surface area contributed by atoms with Crippen molar-refractivity contribution in [2.75, 3.05) is 0 Å². The predicted octanol–water partition coefficient (Wildman–Crippen LogP) is -0.302. The SMILES string of the molecule is F[O][Ta].[Fe].[LiH]. The van der Waals surface area contributed by atoms with E-state index in [-0.39, 0.29) is 35.9 Å². The van der Waals surface area contributed by atoms with Gasteiger partial charge >= 0.3 is 48.3 Å². The molecule has 0 aromatic carbocycles. The molecule has 0 radical (unpaired) electrons. The second kappa shape index (κ2) is 17.2. The van der Waals surface area contributed by atoms with Crippen molar-refractivity contribution in [1.29, 1.82) is 0 Å². The summed E-state index contributed by atoms with van der Waals surface area (Å²) >= 11 is 0.353. The summed E-state index contributed by atoms with van der Waals surface area (Å²) in [7, 11) is 0. The molecule has 1 nitrogen and oxygen atoms in total. The third-order valence-corrected chi connectivity index (χ3v) is 0. The molecule has 28 valence electrons. The molecular formula is HFFeLiOTa. The second-order valence-electron chi connectivity index (χ2n) is 0.0690. The first-order chi connectivity index (χ1) is 1.41. The van der Waals surface area contributed by atoms with Crippen LogP contribution in [0.1, 0.15) is 0 Å². The molecule has 0 amide bonds. The van der Waals surface area contributed by atoms with E-state index >= 15 is 0 Å². The summed E-state index contributed by atoms with van der Waals surface area (Å²) in [6.07, 6.45) is 0. The van der Waals surface area contributed by atoms with E-state index in [0.717, 1.165) is 0 Å².